The molecule has 4 amide bonds. The minimum absolute atomic E-state index is 0.0405. The zero-order chi connectivity index (χ0) is 21.1. The quantitative estimate of drug-likeness (QED) is 0.568. The fourth-order valence-corrected chi connectivity index (χ4v) is 3.98. The van der Waals surface area contributed by atoms with E-state index in [-0.39, 0.29) is 18.9 Å². The Kier molecular flexibility index (Phi) is 5.62. The molecule has 154 valence electrons. The van der Waals surface area contributed by atoms with Crippen molar-refractivity contribution in [2.45, 2.75) is 32.5 Å². The number of nitrogens with one attached hydrogen (secondary N) is 2. The predicted molar refractivity (Wildman–Crippen MR) is 110 cm³/mol. The molecule has 1 aliphatic heterocycles. The van der Waals surface area contributed by atoms with Crippen molar-refractivity contribution >= 4 is 29.2 Å². The number of hydrogen-bond donors (Lipinski definition) is 2. The maximum absolute atomic E-state index is 12.5. The molecule has 1 saturated heterocycles. The van der Waals surface area contributed by atoms with Crippen LogP contribution in [0, 0.1) is 6.92 Å². The molecule has 30 heavy (non-hydrogen) atoms. The molecular formula is C21H20N4O4S. The summed E-state index contributed by atoms with van der Waals surface area (Å²) in [5.41, 5.74) is 2.89. The first-order valence-corrected chi connectivity index (χ1v) is 10.3. The van der Waals surface area contributed by atoms with Crippen LogP contribution in [0.2, 0.25) is 0 Å². The Morgan fingerprint density at radius 2 is 2.17 bits per heavy atom. The Morgan fingerprint density at radius 1 is 1.30 bits per heavy atom. The van der Waals surface area contributed by atoms with Gasteiger partial charge < -0.3 is 15.1 Å². The zero-order valence-corrected chi connectivity index (χ0v) is 17.1. The molecule has 8 nitrogen and oxygen atoms in total. The van der Waals surface area contributed by atoms with Crippen molar-refractivity contribution in [3.63, 3.8) is 0 Å². The van der Waals surface area contributed by atoms with Gasteiger partial charge in [0.25, 0.3) is 5.91 Å². The van der Waals surface area contributed by atoms with Gasteiger partial charge in [0.05, 0.1) is 19.2 Å². The van der Waals surface area contributed by atoms with E-state index in [4.69, 9.17) is 4.42 Å². The molecule has 3 aromatic rings. The number of amides is 4. The van der Waals surface area contributed by atoms with Gasteiger partial charge in [-0.15, -0.1) is 11.3 Å². The second-order valence-corrected chi connectivity index (χ2v) is 7.84. The van der Waals surface area contributed by atoms with Crippen LogP contribution in [-0.2, 0) is 22.7 Å². The first-order valence-electron chi connectivity index (χ1n) is 9.42. The van der Waals surface area contributed by atoms with E-state index in [1.165, 1.54) is 6.26 Å². The topological polar surface area (TPSA) is 105 Å². The maximum atomic E-state index is 12.5. The first kappa shape index (κ1) is 19.8. The molecule has 0 radical (unpaired) electrons. The second kappa shape index (κ2) is 8.50. The number of benzene rings is 1. The molecule has 1 aromatic carbocycles. The largest absolute Gasteiger partial charge is 0.467 e. The molecule has 1 aliphatic rings. The number of thiazole rings is 1. The van der Waals surface area contributed by atoms with Gasteiger partial charge >= 0.3 is 6.03 Å². The van der Waals surface area contributed by atoms with Crippen molar-refractivity contribution in [1.82, 2.24) is 20.5 Å². The smallest absolute Gasteiger partial charge is 0.325 e. The molecule has 1 fully saturated rings. The summed E-state index contributed by atoms with van der Waals surface area (Å²) in [6.07, 6.45) is 1.36. The van der Waals surface area contributed by atoms with Gasteiger partial charge in [-0.05, 0) is 30.7 Å². The van der Waals surface area contributed by atoms with Crippen molar-refractivity contribution in [2.75, 3.05) is 0 Å². The average Bonchev–Trinajstić information content (AvgIpc) is 3.46. The van der Waals surface area contributed by atoms with Gasteiger partial charge in [-0.3, -0.25) is 14.5 Å². The number of urea groups is 1. The molecule has 3 heterocycles. The lowest BCUT2D eigenvalue weighted by atomic mass is 10.1. The summed E-state index contributed by atoms with van der Waals surface area (Å²) in [6.45, 7) is 2.31. The fourth-order valence-electron chi connectivity index (χ4n) is 3.18. The highest BCUT2D eigenvalue weighted by Gasteiger charge is 2.39. The first-order chi connectivity index (χ1) is 14.5. The third kappa shape index (κ3) is 4.41. The molecule has 2 N–H and O–H groups in total. The third-order valence-corrected chi connectivity index (χ3v) is 5.68. The van der Waals surface area contributed by atoms with E-state index in [1.807, 2.05) is 36.6 Å². The molecular weight excluding hydrogens is 404 g/mol. The van der Waals surface area contributed by atoms with Crippen LogP contribution in [0.1, 0.15) is 23.4 Å². The summed E-state index contributed by atoms with van der Waals surface area (Å²) in [5.74, 6) is -0.254. The highest BCUT2D eigenvalue weighted by atomic mass is 32.1. The molecule has 0 unspecified atom stereocenters. The molecule has 2 aromatic heterocycles. The van der Waals surface area contributed by atoms with Gasteiger partial charge in [0.2, 0.25) is 5.91 Å². The Bertz CT molecular complexity index is 1080. The van der Waals surface area contributed by atoms with Crippen LogP contribution in [0.5, 0.6) is 0 Å². The Balaban J connectivity index is 1.32. The highest BCUT2D eigenvalue weighted by Crippen LogP contribution is 2.24. The Hall–Kier alpha value is -3.46. The lowest BCUT2D eigenvalue weighted by Gasteiger charge is -2.11. The van der Waals surface area contributed by atoms with Crippen LogP contribution in [-0.4, -0.2) is 33.8 Å². The standard InChI is InChI=1S/C21H20N4O4S/c1-13-12-30-19(23-13)15-5-2-4-14(8-15)10-22-18(26)9-17-20(27)25(21(28)24-17)11-16-6-3-7-29-16/h2-8,12,17H,9-11H2,1H3,(H,22,26)(H,24,28)/t17-/m0/s1. The Morgan fingerprint density at radius 3 is 2.90 bits per heavy atom. The predicted octanol–water partition coefficient (Wildman–Crippen LogP) is 2.84. The summed E-state index contributed by atoms with van der Waals surface area (Å²) < 4.78 is 5.18. The molecule has 0 saturated carbocycles. The van der Waals surface area contributed by atoms with Crippen LogP contribution < -0.4 is 10.6 Å². The molecule has 9 heteroatoms. The van der Waals surface area contributed by atoms with Crippen LogP contribution in [0.25, 0.3) is 10.6 Å². The van der Waals surface area contributed by atoms with Crippen molar-refractivity contribution in [1.29, 1.82) is 0 Å². The van der Waals surface area contributed by atoms with E-state index in [2.05, 4.69) is 15.6 Å². The van der Waals surface area contributed by atoms with Crippen molar-refractivity contribution in [3.8, 4) is 10.6 Å². The minimum Gasteiger partial charge on any atom is -0.467 e. The van der Waals surface area contributed by atoms with Gasteiger partial charge in [0.1, 0.15) is 16.8 Å². The monoisotopic (exact) mass is 424 g/mol. The van der Waals surface area contributed by atoms with Gasteiger partial charge in [-0.1, -0.05) is 18.2 Å². The van der Waals surface area contributed by atoms with Crippen molar-refractivity contribution in [3.05, 3.63) is 65.1 Å². The van der Waals surface area contributed by atoms with Crippen LogP contribution in [0.4, 0.5) is 4.79 Å². The molecule has 0 aliphatic carbocycles. The van der Waals surface area contributed by atoms with Gasteiger partial charge in [0, 0.05) is 23.2 Å². The van der Waals surface area contributed by atoms with E-state index in [9.17, 15) is 14.4 Å². The van der Waals surface area contributed by atoms with E-state index >= 15 is 0 Å². The number of rotatable bonds is 7. The number of carbonyl (C=O) groups excluding carboxylic acids is 3. The molecule has 1 atom stereocenters. The fraction of sp³-hybridized carbons (Fsp3) is 0.238. The lowest BCUT2D eigenvalue weighted by molar-refractivity contribution is -0.131. The van der Waals surface area contributed by atoms with E-state index in [0.29, 0.717) is 12.3 Å². The zero-order valence-electron chi connectivity index (χ0n) is 16.3. The number of aryl methyl sites for hydroxylation is 1. The number of imide groups is 1. The van der Waals surface area contributed by atoms with Gasteiger partial charge in [-0.2, -0.15) is 0 Å². The number of furan rings is 1. The molecule has 0 bridgehead atoms. The van der Waals surface area contributed by atoms with Crippen LogP contribution >= 0.6 is 11.3 Å². The minimum atomic E-state index is -0.878. The maximum Gasteiger partial charge on any atom is 0.325 e. The number of aromatic nitrogens is 1. The third-order valence-electron chi connectivity index (χ3n) is 4.67. The summed E-state index contributed by atoms with van der Waals surface area (Å²) in [7, 11) is 0. The van der Waals surface area contributed by atoms with Crippen LogP contribution in [0.15, 0.2) is 52.5 Å². The van der Waals surface area contributed by atoms with E-state index in [0.717, 1.165) is 26.7 Å². The Labute approximate surface area is 176 Å². The lowest BCUT2D eigenvalue weighted by Crippen LogP contribution is -2.36. The highest BCUT2D eigenvalue weighted by molar-refractivity contribution is 7.13. The van der Waals surface area contributed by atoms with Gasteiger partial charge in [0.15, 0.2) is 0 Å². The summed E-state index contributed by atoms with van der Waals surface area (Å²) in [6, 6.07) is 9.75. The van der Waals surface area contributed by atoms with Gasteiger partial charge in [-0.25, -0.2) is 9.78 Å². The normalized spacial score (nSPS) is 16.0. The molecule has 0 spiro atoms. The molecule has 4 rings (SSSR count). The number of hydrogen-bond acceptors (Lipinski definition) is 6. The van der Waals surface area contributed by atoms with Crippen molar-refractivity contribution < 1.29 is 18.8 Å². The summed E-state index contributed by atoms with van der Waals surface area (Å²) in [5, 5.41) is 8.28. The number of nitrogens with zero attached hydrogens (tertiary/aromatic N) is 2. The second-order valence-electron chi connectivity index (χ2n) is 6.98. The summed E-state index contributed by atoms with van der Waals surface area (Å²) >= 11 is 1.57. The number of carbonyl (C=O) groups is 3. The summed E-state index contributed by atoms with van der Waals surface area (Å²) in [4.78, 5) is 42.4. The van der Waals surface area contributed by atoms with Crippen LogP contribution in [0.3, 0.4) is 0 Å². The SMILES string of the molecule is Cc1csc(-c2cccc(CNC(=O)C[C@@H]3NC(=O)N(Cc4ccco4)C3=O)c2)n1. The average molecular weight is 424 g/mol. The van der Waals surface area contributed by atoms with E-state index < -0.39 is 18.0 Å². The van der Waals surface area contributed by atoms with E-state index in [1.54, 1.807) is 23.5 Å². The van der Waals surface area contributed by atoms with Crippen molar-refractivity contribution in [2.24, 2.45) is 0 Å².